The van der Waals surface area contributed by atoms with Crippen molar-refractivity contribution in [1.82, 2.24) is 0 Å². The Morgan fingerprint density at radius 2 is 0.929 bits per heavy atom. The lowest BCUT2D eigenvalue weighted by atomic mass is 9.62. The lowest BCUT2D eigenvalue weighted by Gasteiger charge is -2.44. The zero-order valence-corrected chi connectivity index (χ0v) is 15.5. The van der Waals surface area contributed by atoms with E-state index in [1.807, 2.05) is 18.2 Å². The minimum absolute atomic E-state index is 0.469. The predicted octanol–water partition coefficient (Wildman–Crippen LogP) is 6.59. The quantitative estimate of drug-likeness (QED) is 0.303. The Balaban J connectivity index is 1.84. The van der Waals surface area contributed by atoms with Gasteiger partial charge in [0, 0.05) is 22.3 Å². The summed E-state index contributed by atoms with van der Waals surface area (Å²) in [6, 6.07) is 31.6. The van der Waals surface area contributed by atoms with Crippen LogP contribution in [-0.4, -0.2) is 0 Å². The topological polar surface area (TPSA) is 18.5 Å². The molecule has 0 bridgehead atoms. The minimum Gasteiger partial charge on any atom is -0.457 e. The van der Waals surface area contributed by atoms with E-state index in [1.54, 1.807) is 0 Å². The van der Waals surface area contributed by atoms with Gasteiger partial charge in [0.15, 0.2) is 0 Å². The van der Waals surface area contributed by atoms with Crippen LogP contribution in [-0.2, 0) is 5.41 Å². The Kier molecular flexibility index (Phi) is 3.05. The van der Waals surface area contributed by atoms with Gasteiger partial charge in [-0.25, -0.2) is 0 Å². The molecule has 2 nitrogen and oxygen atoms in total. The van der Waals surface area contributed by atoms with Crippen LogP contribution in [0.4, 0.5) is 0 Å². The van der Waals surface area contributed by atoms with E-state index in [0.29, 0.717) is 0 Å². The third-order valence-electron chi connectivity index (χ3n) is 5.85. The monoisotopic (exact) mass is 362 g/mol. The van der Waals surface area contributed by atoms with Crippen LogP contribution in [0.2, 0.25) is 0 Å². The van der Waals surface area contributed by atoms with Crippen molar-refractivity contribution in [3.8, 4) is 23.0 Å². The SMILES string of the molecule is Cc1ccc2c(c1)Oc1ccccc1C21c2ccccc2Oc2ccccc21. The van der Waals surface area contributed by atoms with Gasteiger partial charge in [-0.2, -0.15) is 0 Å². The second-order valence-electron chi connectivity index (χ2n) is 7.44. The highest BCUT2D eigenvalue weighted by Gasteiger charge is 2.50. The van der Waals surface area contributed by atoms with Crippen LogP contribution >= 0.6 is 0 Å². The zero-order chi connectivity index (χ0) is 18.7. The normalized spacial score (nSPS) is 14.8. The van der Waals surface area contributed by atoms with Crippen molar-refractivity contribution < 1.29 is 9.47 Å². The molecule has 6 rings (SSSR count). The molecule has 2 aliphatic rings. The molecule has 0 aromatic heterocycles. The van der Waals surface area contributed by atoms with Gasteiger partial charge < -0.3 is 9.47 Å². The number of rotatable bonds is 0. The van der Waals surface area contributed by atoms with Crippen molar-refractivity contribution in [2.45, 2.75) is 12.3 Å². The standard InChI is InChI=1S/C26H18O2/c1-17-14-15-21-25(16-17)28-24-13-7-4-10-20(24)26(21)18-8-2-5-11-22(18)27-23-12-6-3-9-19(23)26/h2-16H,1H3. The van der Waals surface area contributed by atoms with Gasteiger partial charge in [-0.1, -0.05) is 66.7 Å². The minimum atomic E-state index is -0.469. The summed E-state index contributed by atoms with van der Waals surface area (Å²) in [7, 11) is 0. The van der Waals surface area contributed by atoms with Crippen LogP contribution < -0.4 is 9.47 Å². The van der Waals surface area contributed by atoms with E-state index in [9.17, 15) is 0 Å². The van der Waals surface area contributed by atoms with Crippen molar-refractivity contribution in [2.75, 3.05) is 0 Å². The highest BCUT2D eigenvalue weighted by Crippen LogP contribution is 2.61. The number of benzene rings is 4. The summed E-state index contributed by atoms with van der Waals surface area (Å²) >= 11 is 0. The molecule has 0 radical (unpaired) electrons. The van der Waals surface area contributed by atoms with Crippen LogP contribution in [0, 0.1) is 6.92 Å². The van der Waals surface area contributed by atoms with Gasteiger partial charge in [-0.3, -0.25) is 0 Å². The summed E-state index contributed by atoms with van der Waals surface area (Å²) in [4.78, 5) is 0. The largest absolute Gasteiger partial charge is 0.457 e. The highest BCUT2D eigenvalue weighted by molar-refractivity contribution is 5.75. The molecule has 0 unspecified atom stereocenters. The number of ether oxygens (including phenoxy) is 2. The van der Waals surface area contributed by atoms with Crippen LogP contribution in [0.25, 0.3) is 0 Å². The fourth-order valence-corrected chi connectivity index (χ4v) is 4.73. The molecule has 0 amide bonds. The number of fused-ring (bicyclic) bond motifs is 8. The van der Waals surface area contributed by atoms with Crippen molar-refractivity contribution in [2.24, 2.45) is 0 Å². The van der Waals surface area contributed by atoms with Crippen molar-refractivity contribution in [3.63, 3.8) is 0 Å². The van der Waals surface area contributed by atoms with E-state index in [1.165, 1.54) is 5.56 Å². The predicted molar refractivity (Wildman–Crippen MR) is 110 cm³/mol. The first kappa shape index (κ1) is 15.5. The van der Waals surface area contributed by atoms with Crippen LogP contribution in [0.5, 0.6) is 23.0 Å². The fraction of sp³-hybridized carbons (Fsp3) is 0.0769. The van der Waals surface area contributed by atoms with Crippen molar-refractivity contribution in [3.05, 3.63) is 119 Å². The van der Waals surface area contributed by atoms with Crippen molar-refractivity contribution >= 4 is 0 Å². The Morgan fingerprint density at radius 1 is 0.500 bits per heavy atom. The van der Waals surface area contributed by atoms with Gasteiger partial charge in [-0.05, 0) is 36.8 Å². The Labute approximate surface area is 164 Å². The van der Waals surface area contributed by atoms with E-state index >= 15 is 0 Å². The second kappa shape index (κ2) is 5.49. The molecule has 0 atom stereocenters. The molecule has 0 fully saturated rings. The van der Waals surface area contributed by atoms with Gasteiger partial charge in [0.2, 0.25) is 0 Å². The first-order valence-electron chi connectivity index (χ1n) is 9.54. The van der Waals surface area contributed by atoms with E-state index in [0.717, 1.165) is 45.3 Å². The molecule has 0 saturated heterocycles. The van der Waals surface area contributed by atoms with Crippen LogP contribution in [0.15, 0.2) is 91.0 Å². The zero-order valence-electron chi connectivity index (χ0n) is 15.5. The van der Waals surface area contributed by atoms with Gasteiger partial charge in [0.1, 0.15) is 23.0 Å². The third-order valence-corrected chi connectivity index (χ3v) is 5.85. The molecule has 28 heavy (non-hydrogen) atoms. The maximum absolute atomic E-state index is 6.38. The van der Waals surface area contributed by atoms with E-state index in [4.69, 9.17) is 9.47 Å². The molecular weight excluding hydrogens is 344 g/mol. The lowest BCUT2D eigenvalue weighted by molar-refractivity contribution is 0.399. The average Bonchev–Trinajstić information content (AvgIpc) is 2.73. The Hall–Kier alpha value is -3.52. The molecule has 0 N–H and O–H groups in total. The van der Waals surface area contributed by atoms with Gasteiger partial charge in [-0.15, -0.1) is 0 Å². The average molecular weight is 362 g/mol. The van der Waals surface area contributed by atoms with Crippen LogP contribution in [0.3, 0.4) is 0 Å². The van der Waals surface area contributed by atoms with E-state index < -0.39 is 5.41 Å². The summed E-state index contributed by atoms with van der Waals surface area (Å²) < 4.78 is 12.7. The first-order valence-corrected chi connectivity index (χ1v) is 9.54. The summed E-state index contributed by atoms with van der Waals surface area (Å²) in [5, 5.41) is 0. The van der Waals surface area contributed by atoms with Crippen LogP contribution in [0.1, 0.15) is 27.8 Å². The summed E-state index contributed by atoms with van der Waals surface area (Å²) in [6.45, 7) is 2.10. The summed E-state index contributed by atoms with van der Waals surface area (Å²) in [5.41, 5.74) is 5.31. The molecule has 4 aromatic carbocycles. The van der Waals surface area contributed by atoms with Crippen molar-refractivity contribution in [1.29, 1.82) is 0 Å². The number of hydrogen-bond acceptors (Lipinski definition) is 2. The Bertz CT molecular complexity index is 1180. The first-order chi connectivity index (χ1) is 13.8. The molecular formula is C26H18O2. The van der Waals surface area contributed by atoms with Gasteiger partial charge in [0.05, 0.1) is 5.41 Å². The molecule has 2 heterocycles. The smallest absolute Gasteiger partial charge is 0.132 e. The number of aryl methyl sites for hydroxylation is 1. The summed E-state index contributed by atoms with van der Waals surface area (Å²) in [6.07, 6.45) is 0. The fourth-order valence-electron chi connectivity index (χ4n) is 4.73. The number of para-hydroxylation sites is 3. The molecule has 1 spiro atoms. The Morgan fingerprint density at radius 3 is 1.46 bits per heavy atom. The van der Waals surface area contributed by atoms with E-state index in [-0.39, 0.29) is 0 Å². The van der Waals surface area contributed by atoms with E-state index in [2.05, 4.69) is 79.7 Å². The molecule has 4 aromatic rings. The molecule has 134 valence electrons. The molecule has 0 saturated carbocycles. The molecule has 2 aliphatic heterocycles. The molecule has 0 aliphatic carbocycles. The van der Waals surface area contributed by atoms with Gasteiger partial charge in [0.25, 0.3) is 0 Å². The number of hydrogen-bond donors (Lipinski definition) is 0. The second-order valence-corrected chi connectivity index (χ2v) is 7.44. The maximum Gasteiger partial charge on any atom is 0.132 e. The summed E-state index contributed by atoms with van der Waals surface area (Å²) in [5.74, 6) is 3.59. The van der Waals surface area contributed by atoms with Gasteiger partial charge >= 0.3 is 0 Å². The lowest BCUT2D eigenvalue weighted by Crippen LogP contribution is -2.36. The maximum atomic E-state index is 6.38. The molecule has 2 heteroatoms. The highest BCUT2D eigenvalue weighted by atomic mass is 16.5. The third kappa shape index (κ3) is 1.87.